The lowest BCUT2D eigenvalue weighted by Gasteiger charge is -2.18. The Bertz CT molecular complexity index is 748. The number of hydrogen-bond donors (Lipinski definition) is 3. The average Bonchev–Trinajstić information content (AvgIpc) is 2.71. The summed E-state index contributed by atoms with van der Waals surface area (Å²) < 4.78 is 5.51. The summed E-state index contributed by atoms with van der Waals surface area (Å²) in [5.41, 5.74) is 1.31. The minimum atomic E-state index is -0.272. The number of likely N-dealkylation sites (N-methyl/N-ethyl adjacent to an activating group) is 1. The van der Waals surface area contributed by atoms with Gasteiger partial charge in [-0.05, 0) is 37.4 Å². The zero-order valence-corrected chi connectivity index (χ0v) is 16.4. The van der Waals surface area contributed by atoms with Gasteiger partial charge in [-0.3, -0.25) is 4.79 Å². The predicted octanol–water partition coefficient (Wildman–Crippen LogP) is 3.17. The van der Waals surface area contributed by atoms with Crippen molar-refractivity contribution in [3.8, 4) is 5.75 Å². The van der Waals surface area contributed by atoms with Crippen LogP contribution < -0.4 is 20.7 Å². The number of nitrogens with one attached hydrogen (secondary N) is 3. The Labute approximate surface area is 166 Å². The number of para-hydroxylation sites is 1. The van der Waals surface area contributed by atoms with Crippen LogP contribution in [0, 0.1) is 0 Å². The summed E-state index contributed by atoms with van der Waals surface area (Å²) in [5, 5.41) is 8.35. The van der Waals surface area contributed by atoms with Crippen LogP contribution in [0.5, 0.6) is 5.75 Å². The fraction of sp³-hybridized carbons (Fsp3) is 0.333. The molecule has 2 rings (SSSR count). The van der Waals surface area contributed by atoms with Gasteiger partial charge >= 0.3 is 6.03 Å². The Hall–Kier alpha value is -3.06. The highest BCUT2D eigenvalue weighted by molar-refractivity contribution is 5.92. The van der Waals surface area contributed by atoms with Gasteiger partial charge in [0.25, 0.3) is 5.91 Å². The summed E-state index contributed by atoms with van der Waals surface area (Å²) in [6, 6.07) is 15.9. The first-order chi connectivity index (χ1) is 13.6. The molecule has 3 N–H and O–H groups in total. The van der Waals surface area contributed by atoms with Crippen LogP contribution in [0.4, 0.5) is 16.2 Å². The molecule has 28 heavy (non-hydrogen) atoms. The van der Waals surface area contributed by atoms with E-state index in [1.54, 1.807) is 36.4 Å². The third-order valence-electron chi connectivity index (χ3n) is 4.13. The highest BCUT2D eigenvalue weighted by Crippen LogP contribution is 2.17. The molecule has 0 aliphatic carbocycles. The molecule has 0 spiro atoms. The normalized spacial score (nSPS) is 10.4. The standard InChI is InChI=1S/C21H28N4O3/c1-3-25(4-2)14-13-22-21(27)24-18-11-8-12-19(15-18)28-16-20(26)23-17-9-6-5-7-10-17/h5-12,15H,3-4,13-14,16H2,1-2H3,(H,23,26)(H2,22,24,27). The van der Waals surface area contributed by atoms with Gasteiger partial charge in [0, 0.05) is 30.5 Å². The van der Waals surface area contributed by atoms with Crippen LogP contribution in [0.25, 0.3) is 0 Å². The molecule has 0 atom stereocenters. The second kappa shape index (κ2) is 11.6. The van der Waals surface area contributed by atoms with Gasteiger partial charge in [-0.15, -0.1) is 0 Å². The molecule has 0 aliphatic heterocycles. The molecule has 0 aromatic heterocycles. The van der Waals surface area contributed by atoms with Crippen molar-refractivity contribution in [2.45, 2.75) is 13.8 Å². The van der Waals surface area contributed by atoms with Crippen molar-refractivity contribution < 1.29 is 14.3 Å². The van der Waals surface area contributed by atoms with Gasteiger partial charge in [0.15, 0.2) is 6.61 Å². The van der Waals surface area contributed by atoms with Crippen LogP contribution >= 0.6 is 0 Å². The predicted molar refractivity (Wildman–Crippen MR) is 112 cm³/mol. The van der Waals surface area contributed by atoms with Crippen molar-refractivity contribution in [1.82, 2.24) is 10.2 Å². The number of hydrogen-bond acceptors (Lipinski definition) is 4. The summed E-state index contributed by atoms with van der Waals surface area (Å²) in [7, 11) is 0. The molecule has 0 saturated carbocycles. The largest absolute Gasteiger partial charge is 0.484 e. The number of carbonyl (C=O) groups excluding carboxylic acids is 2. The van der Waals surface area contributed by atoms with Crippen LogP contribution in [0.2, 0.25) is 0 Å². The van der Waals surface area contributed by atoms with Gasteiger partial charge in [0.05, 0.1) is 0 Å². The van der Waals surface area contributed by atoms with Gasteiger partial charge < -0.3 is 25.6 Å². The van der Waals surface area contributed by atoms with Crippen molar-refractivity contribution in [2.24, 2.45) is 0 Å². The molecule has 0 fully saturated rings. The lowest BCUT2D eigenvalue weighted by atomic mass is 10.3. The molecule has 0 bridgehead atoms. The lowest BCUT2D eigenvalue weighted by molar-refractivity contribution is -0.118. The first-order valence-electron chi connectivity index (χ1n) is 9.45. The van der Waals surface area contributed by atoms with Crippen LogP contribution in [0.1, 0.15) is 13.8 Å². The highest BCUT2D eigenvalue weighted by Gasteiger charge is 2.06. The third-order valence-corrected chi connectivity index (χ3v) is 4.13. The first-order valence-corrected chi connectivity index (χ1v) is 9.45. The molecule has 2 aromatic rings. The summed E-state index contributed by atoms with van der Waals surface area (Å²) in [6.45, 7) is 7.36. The van der Waals surface area contributed by atoms with Crippen molar-refractivity contribution in [3.05, 3.63) is 54.6 Å². The van der Waals surface area contributed by atoms with Crippen molar-refractivity contribution in [1.29, 1.82) is 0 Å². The SMILES string of the molecule is CCN(CC)CCNC(=O)Nc1cccc(OCC(=O)Nc2ccccc2)c1. The number of carbonyl (C=O) groups is 2. The van der Waals surface area contributed by atoms with Crippen LogP contribution in [-0.4, -0.2) is 49.6 Å². The maximum atomic E-state index is 12.0. The molecule has 3 amide bonds. The molecular formula is C21H28N4O3. The summed E-state index contributed by atoms with van der Waals surface area (Å²) in [4.78, 5) is 26.2. The van der Waals surface area contributed by atoms with E-state index < -0.39 is 0 Å². The third kappa shape index (κ3) is 7.67. The smallest absolute Gasteiger partial charge is 0.319 e. The minimum Gasteiger partial charge on any atom is -0.484 e. The van der Waals surface area contributed by atoms with Gasteiger partial charge in [-0.1, -0.05) is 38.1 Å². The highest BCUT2D eigenvalue weighted by atomic mass is 16.5. The zero-order chi connectivity index (χ0) is 20.2. The van der Waals surface area contributed by atoms with E-state index in [1.807, 2.05) is 18.2 Å². The monoisotopic (exact) mass is 384 g/mol. The molecule has 0 saturated heterocycles. The number of nitrogens with zero attached hydrogens (tertiary/aromatic N) is 1. The number of benzene rings is 2. The first kappa shape index (κ1) is 21.2. The van der Waals surface area contributed by atoms with E-state index in [0.29, 0.717) is 23.7 Å². The summed E-state index contributed by atoms with van der Waals surface area (Å²) in [5.74, 6) is 0.253. The molecular weight excluding hydrogens is 356 g/mol. The number of ether oxygens (including phenoxy) is 1. The number of amides is 3. The summed E-state index contributed by atoms with van der Waals surface area (Å²) >= 11 is 0. The lowest BCUT2D eigenvalue weighted by Crippen LogP contribution is -2.36. The van der Waals surface area contributed by atoms with E-state index in [-0.39, 0.29) is 18.5 Å². The molecule has 0 radical (unpaired) electrons. The van der Waals surface area contributed by atoms with Gasteiger partial charge in [-0.25, -0.2) is 4.79 Å². The second-order valence-corrected chi connectivity index (χ2v) is 6.14. The zero-order valence-electron chi connectivity index (χ0n) is 16.4. The molecule has 2 aromatic carbocycles. The maximum absolute atomic E-state index is 12.0. The second-order valence-electron chi connectivity index (χ2n) is 6.14. The number of anilines is 2. The quantitative estimate of drug-likeness (QED) is 0.588. The molecule has 0 heterocycles. The van der Waals surface area contributed by atoms with Gasteiger partial charge in [0.2, 0.25) is 0 Å². The Balaban J connectivity index is 1.76. The molecule has 7 nitrogen and oxygen atoms in total. The topological polar surface area (TPSA) is 82.7 Å². The Morgan fingerprint density at radius 2 is 1.64 bits per heavy atom. The average molecular weight is 384 g/mol. The van der Waals surface area contributed by atoms with Crippen LogP contribution in [0.15, 0.2) is 54.6 Å². The number of urea groups is 1. The van der Waals surface area contributed by atoms with Crippen molar-refractivity contribution in [2.75, 3.05) is 43.4 Å². The van der Waals surface area contributed by atoms with Gasteiger partial charge in [-0.2, -0.15) is 0 Å². The van der Waals surface area contributed by atoms with E-state index in [2.05, 4.69) is 34.7 Å². The van der Waals surface area contributed by atoms with E-state index >= 15 is 0 Å². The minimum absolute atomic E-state index is 0.117. The summed E-state index contributed by atoms with van der Waals surface area (Å²) in [6.07, 6.45) is 0. The van der Waals surface area contributed by atoms with E-state index in [1.165, 1.54) is 0 Å². The van der Waals surface area contributed by atoms with E-state index in [9.17, 15) is 9.59 Å². The maximum Gasteiger partial charge on any atom is 0.319 e. The molecule has 0 unspecified atom stereocenters. The molecule has 7 heteroatoms. The van der Waals surface area contributed by atoms with E-state index in [4.69, 9.17) is 4.74 Å². The Morgan fingerprint density at radius 3 is 2.36 bits per heavy atom. The van der Waals surface area contributed by atoms with E-state index in [0.717, 1.165) is 19.6 Å². The fourth-order valence-electron chi connectivity index (χ4n) is 2.57. The van der Waals surface area contributed by atoms with Crippen LogP contribution in [-0.2, 0) is 4.79 Å². The Morgan fingerprint density at radius 1 is 0.929 bits per heavy atom. The molecule has 0 aliphatic rings. The Kier molecular flexibility index (Phi) is 8.81. The molecule has 150 valence electrons. The number of rotatable bonds is 10. The van der Waals surface area contributed by atoms with Crippen molar-refractivity contribution in [3.63, 3.8) is 0 Å². The van der Waals surface area contributed by atoms with Crippen LogP contribution in [0.3, 0.4) is 0 Å². The van der Waals surface area contributed by atoms with Crippen molar-refractivity contribution >= 4 is 23.3 Å². The van der Waals surface area contributed by atoms with Gasteiger partial charge in [0.1, 0.15) is 5.75 Å². The fourth-order valence-corrected chi connectivity index (χ4v) is 2.57.